The Kier molecular flexibility index (Phi) is 5.26. The summed E-state index contributed by atoms with van der Waals surface area (Å²) in [5, 5.41) is 12.1. The predicted molar refractivity (Wildman–Crippen MR) is 88.4 cm³/mol. The van der Waals surface area contributed by atoms with Crippen LogP contribution in [0.5, 0.6) is 0 Å². The molecule has 0 unspecified atom stereocenters. The maximum Gasteiger partial charge on any atom is 0.273 e. The van der Waals surface area contributed by atoms with Crippen LogP contribution in [0.2, 0.25) is 0 Å². The number of carbonyl (C=O) groups excluding carboxylic acids is 1. The summed E-state index contributed by atoms with van der Waals surface area (Å²) in [5.41, 5.74) is 7.43. The van der Waals surface area contributed by atoms with Gasteiger partial charge in [0.25, 0.3) is 5.91 Å². The molecule has 1 heterocycles. The Morgan fingerprint density at radius 2 is 2.04 bits per heavy atom. The normalized spacial score (nSPS) is 10.3. The summed E-state index contributed by atoms with van der Waals surface area (Å²) < 4.78 is 0. The molecule has 0 fully saturated rings. The van der Waals surface area contributed by atoms with Crippen molar-refractivity contribution in [3.63, 3.8) is 0 Å². The van der Waals surface area contributed by atoms with Gasteiger partial charge in [-0.15, -0.1) is 0 Å². The number of benzene rings is 1. The highest BCUT2D eigenvalue weighted by molar-refractivity contribution is 5.97. The fourth-order valence-corrected chi connectivity index (χ4v) is 2.25. The molecule has 6 heteroatoms. The van der Waals surface area contributed by atoms with Gasteiger partial charge >= 0.3 is 0 Å². The second kappa shape index (κ2) is 7.36. The number of nitrogen functional groups attached to an aromatic ring is 1. The number of nitriles is 1. The largest absolute Gasteiger partial charge is 0.382 e. The summed E-state index contributed by atoms with van der Waals surface area (Å²) in [6.07, 6.45) is 3.12. The van der Waals surface area contributed by atoms with Crippen molar-refractivity contribution in [2.75, 3.05) is 5.73 Å². The molecule has 0 bridgehead atoms. The number of aromatic nitrogens is 2. The molecular weight excluding hydrogens is 290 g/mol. The van der Waals surface area contributed by atoms with Gasteiger partial charge in [-0.3, -0.25) is 4.79 Å². The molecule has 0 atom stereocenters. The molecule has 0 aliphatic rings. The number of nitrogens with one attached hydrogen (secondary N) is 1. The van der Waals surface area contributed by atoms with Gasteiger partial charge in [-0.25, -0.2) is 9.97 Å². The minimum atomic E-state index is -0.347. The minimum Gasteiger partial charge on any atom is -0.382 e. The van der Waals surface area contributed by atoms with Gasteiger partial charge in [0.2, 0.25) is 0 Å². The Morgan fingerprint density at radius 3 is 2.70 bits per heavy atom. The third-order valence-electron chi connectivity index (χ3n) is 3.66. The van der Waals surface area contributed by atoms with Crippen LogP contribution < -0.4 is 11.1 Å². The van der Waals surface area contributed by atoms with E-state index in [1.807, 2.05) is 13.8 Å². The number of anilines is 1. The third kappa shape index (κ3) is 3.64. The summed E-state index contributed by atoms with van der Waals surface area (Å²) in [6, 6.07) is 9.21. The molecule has 0 saturated heterocycles. The van der Waals surface area contributed by atoms with E-state index in [-0.39, 0.29) is 23.5 Å². The molecule has 2 rings (SSSR count). The Labute approximate surface area is 135 Å². The van der Waals surface area contributed by atoms with Crippen molar-refractivity contribution in [2.45, 2.75) is 32.7 Å². The molecule has 0 aliphatic carbocycles. The lowest BCUT2D eigenvalue weighted by Crippen LogP contribution is -2.35. The maximum absolute atomic E-state index is 12.4. The van der Waals surface area contributed by atoms with Crippen molar-refractivity contribution in [3.8, 4) is 17.3 Å². The molecule has 23 heavy (non-hydrogen) atoms. The number of carbonyl (C=O) groups is 1. The number of nitrogens with two attached hydrogens (primary N) is 1. The molecule has 2 aromatic rings. The van der Waals surface area contributed by atoms with E-state index >= 15 is 0 Å². The lowest BCUT2D eigenvalue weighted by Gasteiger charge is -2.15. The quantitative estimate of drug-likeness (QED) is 0.883. The molecule has 1 aromatic carbocycles. The fraction of sp³-hybridized carbons (Fsp3) is 0.294. The van der Waals surface area contributed by atoms with Crippen LogP contribution in [0.25, 0.3) is 11.3 Å². The van der Waals surface area contributed by atoms with Crippen LogP contribution in [0.4, 0.5) is 5.82 Å². The van der Waals surface area contributed by atoms with Gasteiger partial charge in [0.15, 0.2) is 11.5 Å². The Hall–Kier alpha value is -2.94. The summed E-state index contributed by atoms with van der Waals surface area (Å²) in [4.78, 5) is 20.8. The maximum atomic E-state index is 12.4. The third-order valence-corrected chi connectivity index (χ3v) is 3.66. The first-order chi connectivity index (χ1) is 11.1. The van der Waals surface area contributed by atoms with Crippen molar-refractivity contribution in [1.82, 2.24) is 15.3 Å². The smallest absolute Gasteiger partial charge is 0.273 e. The highest BCUT2D eigenvalue weighted by atomic mass is 16.2. The second-order valence-electron chi connectivity index (χ2n) is 5.13. The van der Waals surface area contributed by atoms with E-state index in [2.05, 4.69) is 21.4 Å². The van der Waals surface area contributed by atoms with Crippen molar-refractivity contribution >= 4 is 11.7 Å². The summed E-state index contributed by atoms with van der Waals surface area (Å²) in [6.45, 7) is 4.01. The van der Waals surface area contributed by atoms with Crippen LogP contribution in [0, 0.1) is 11.3 Å². The number of hydrogen-bond donors (Lipinski definition) is 2. The van der Waals surface area contributed by atoms with Gasteiger partial charge in [0.1, 0.15) is 0 Å². The first-order valence-corrected chi connectivity index (χ1v) is 7.53. The van der Waals surface area contributed by atoms with E-state index in [4.69, 9.17) is 5.73 Å². The molecule has 118 valence electrons. The van der Waals surface area contributed by atoms with Crippen molar-refractivity contribution in [2.24, 2.45) is 0 Å². The number of nitrogens with zero attached hydrogens (tertiary/aromatic N) is 3. The lowest BCUT2D eigenvalue weighted by atomic mass is 10.1. The SMILES string of the molecule is CCC(CC)NC(=O)c1nc(-c2ccccc2C#N)cnc1N. The standard InChI is InChI=1S/C17H19N5O/c1-3-12(4-2)21-17(23)15-16(19)20-10-14(22-15)13-8-6-5-7-11(13)9-18/h5-8,10,12H,3-4H2,1-2H3,(H2,19,20)(H,21,23). The average Bonchev–Trinajstić information content (AvgIpc) is 2.59. The number of rotatable bonds is 5. The van der Waals surface area contributed by atoms with E-state index < -0.39 is 0 Å². The van der Waals surface area contributed by atoms with E-state index in [1.54, 1.807) is 24.3 Å². The van der Waals surface area contributed by atoms with Crippen LogP contribution >= 0.6 is 0 Å². The predicted octanol–water partition coefficient (Wildman–Crippen LogP) is 2.52. The highest BCUT2D eigenvalue weighted by Gasteiger charge is 2.18. The lowest BCUT2D eigenvalue weighted by molar-refractivity contribution is 0.0930. The minimum absolute atomic E-state index is 0.0683. The van der Waals surface area contributed by atoms with E-state index in [0.29, 0.717) is 16.8 Å². The summed E-state index contributed by atoms with van der Waals surface area (Å²) in [5.74, 6) is -0.272. The van der Waals surface area contributed by atoms with Crippen LogP contribution in [0.3, 0.4) is 0 Å². The second-order valence-corrected chi connectivity index (χ2v) is 5.13. The van der Waals surface area contributed by atoms with Crippen LogP contribution in [0.1, 0.15) is 42.7 Å². The van der Waals surface area contributed by atoms with E-state index in [1.165, 1.54) is 6.20 Å². The fourth-order valence-electron chi connectivity index (χ4n) is 2.25. The molecule has 0 aliphatic heterocycles. The number of amides is 1. The van der Waals surface area contributed by atoms with Gasteiger partial charge in [0, 0.05) is 11.6 Å². The van der Waals surface area contributed by atoms with E-state index in [0.717, 1.165) is 12.8 Å². The van der Waals surface area contributed by atoms with Crippen LogP contribution in [0.15, 0.2) is 30.5 Å². The Bertz CT molecular complexity index is 747. The van der Waals surface area contributed by atoms with Crippen molar-refractivity contribution in [1.29, 1.82) is 5.26 Å². The molecule has 3 N–H and O–H groups in total. The van der Waals surface area contributed by atoms with Gasteiger partial charge in [-0.1, -0.05) is 32.0 Å². The molecule has 6 nitrogen and oxygen atoms in total. The van der Waals surface area contributed by atoms with Gasteiger partial charge in [0.05, 0.1) is 23.5 Å². The molecule has 0 spiro atoms. The van der Waals surface area contributed by atoms with Crippen LogP contribution in [-0.4, -0.2) is 21.9 Å². The van der Waals surface area contributed by atoms with Gasteiger partial charge in [-0.2, -0.15) is 5.26 Å². The number of hydrogen-bond acceptors (Lipinski definition) is 5. The molecule has 1 amide bonds. The van der Waals surface area contributed by atoms with Crippen LogP contribution in [-0.2, 0) is 0 Å². The molecule has 0 saturated carbocycles. The van der Waals surface area contributed by atoms with Gasteiger partial charge in [-0.05, 0) is 18.9 Å². The van der Waals surface area contributed by atoms with Crippen molar-refractivity contribution < 1.29 is 4.79 Å². The first kappa shape index (κ1) is 16.4. The molecular formula is C17H19N5O. The van der Waals surface area contributed by atoms with Crippen molar-refractivity contribution in [3.05, 3.63) is 41.7 Å². The monoisotopic (exact) mass is 309 g/mol. The van der Waals surface area contributed by atoms with E-state index in [9.17, 15) is 10.1 Å². The Morgan fingerprint density at radius 1 is 1.35 bits per heavy atom. The zero-order valence-corrected chi connectivity index (χ0v) is 13.2. The first-order valence-electron chi connectivity index (χ1n) is 7.53. The molecule has 0 radical (unpaired) electrons. The summed E-state index contributed by atoms with van der Waals surface area (Å²) >= 11 is 0. The zero-order valence-electron chi connectivity index (χ0n) is 13.2. The average molecular weight is 309 g/mol. The zero-order chi connectivity index (χ0) is 16.8. The Balaban J connectivity index is 2.40. The highest BCUT2D eigenvalue weighted by Crippen LogP contribution is 2.22. The molecule has 1 aromatic heterocycles. The topological polar surface area (TPSA) is 105 Å². The summed E-state index contributed by atoms with van der Waals surface area (Å²) in [7, 11) is 0. The van der Waals surface area contributed by atoms with Gasteiger partial charge < -0.3 is 11.1 Å².